The molecule has 0 radical (unpaired) electrons. The molecule has 138 valence electrons. The van der Waals surface area contributed by atoms with Gasteiger partial charge in [0, 0.05) is 12.6 Å². The predicted molar refractivity (Wildman–Crippen MR) is 92.2 cm³/mol. The maximum absolute atomic E-state index is 12.4. The standard InChI is InChI=1S/C18H26N2O5/c1-17(2,3)24-15(22)13(20-16(23)25-18(4,5)6)11-14(21)12-9-7-8-10-19-12/h7-10,13H,11H2,1-6H3,(H,20,23)/t13-/m0/s1. The van der Waals surface area contributed by atoms with Gasteiger partial charge in [0.1, 0.15) is 22.9 Å². The average molecular weight is 350 g/mol. The van der Waals surface area contributed by atoms with Gasteiger partial charge in [-0.15, -0.1) is 0 Å². The number of rotatable bonds is 5. The summed E-state index contributed by atoms with van der Waals surface area (Å²) in [4.78, 5) is 40.6. The number of Topliss-reactive ketones (excluding diaryl/α,β-unsaturated/α-hetero) is 1. The van der Waals surface area contributed by atoms with E-state index < -0.39 is 29.3 Å². The summed E-state index contributed by atoms with van der Waals surface area (Å²) in [6.07, 6.45) is 0.416. The summed E-state index contributed by atoms with van der Waals surface area (Å²) < 4.78 is 10.4. The maximum Gasteiger partial charge on any atom is 0.408 e. The summed E-state index contributed by atoms with van der Waals surface area (Å²) in [6, 6.07) is 3.73. The lowest BCUT2D eigenvalue weighted by atomic mass is 10.1. The second-order valence-corrected chi connectivity index (χ2v) is 7.57. The van der Waals surface area contributed by atoms with Gasteiger partial charge in [-0.25, -0.2) is 9.59 Å². The molecule has 0 aromatic carbocycles. The van der Waals surface area contributed by atoms with E-state index in [-0.39, 0.29) is 17.9 Å². The average Bonchev–Trinajstić information content (AvgIpc) is 2.43. The zero-order valence-electron chi connectivity index (χ0n) is 15.6. The van der Waals surface area contributed by atoms with Crippen LogP contribution in [-0.4, -0.2) is 40.1 Å². The lowest BCUT2D eigenvalue weighted by Crippen LogP contribution is -2.47. The SMILES string of the molecule is CC(C)(C)OC(=O)N[C@@H](CC(=O)c1ccccn1)C(=O)OC(C)(C)C. The molecule has 0 aliphatic heterocycles. The van der Waals surface area contributed by atoms with Gasteiger partial charge in [0.25, 0.3) is 0 Å². The number of alkyl carbamates (subject to hydrolysis) is 1. The first-order valence-corrected chi connectivity index (χ1v) is 8.04. The van der Waals surface area contributed by atoms with Crippen molar-refractivity contribution >= 4 is 17.8 Å². The second kappa shape index (κ2) is 8.09. The van der Waals surface area contributed by atoms with Gasteiger partial charge in [-0.05, 0) is 53.7 Å². The molecule has 0 bridgehead atoms. The van der Waals surface area contributed by atoms with Crippen LogP contribution in [0.5, 0.6) is 0 Å². The number of amides is 1. The molecule has 1 aromatic heterocycles. The van der Waals surface area contributed by atoms with Crippen molar-refractivity contribution in [1.82, 2.24) is 10.3 Å². The molecule has 1 aromatic rings. The molecule has 0 fully saturated rings. The number of nitrogens with one attached hydrogen (secondary N) is 1. The van der Waals surface area contributed by atoms with E-state index in [4.69, 9.17) is 9.47 Å². The molecule has 1 heterocycles. The van der Waals surface area contributed by atoms with Gasteiger partial charge < -0.3 is 14.8 Å². The number of aromatic nitrogens is 1. The molecule has 1 amide bonds. The highest BCUT2D eigenvalue weighted by Crippen LogP contribution is 2.13. The highest BCUT2D eigenvalue weighted by molar-refractivity contribution is 5.98. The van der Waals surface area contributed by atoms with Crippen LogP contribution in [0.15, 0.2) is 24.4 Å². The Kier molecular flexibility index (Phi) is 6.67. The molecule has 0 unspecified atom stereocenters. The van der Waals surface area contributed by atoms with Gasteiger partial charge in [-0.2, -0.15) is 0 Å². The molecule has 1 rings (SSSR count). The highest BCUT2D eigenvalue weighted by atomic mass is 16.6. The number of carbonyl (C=O) groups excluding carboxylic acids is 3. The lowest BCUT2D eigenvalue weighted by Gasteiger charge is -2.26. The summed E-state index contributed by atoms with van der Waals surface area (Å²) in [5, 5.41) is 2.41. The van der Waals surface area contributed by atoms with Crippen molar-refractivity contribution in [3.8, 4) is 0 Å². The van der Waals surface area contributed by atoms with Crippen molar-refractivity contribution in [3.05, 3.63) is 30.1 Å². The van der Waals surface area contributed by atoms with Crippen molar-refractivity contribution in [2.75, 3.05) is 0 Å². The lowest BCUT2D eigenvalue weighted by molar-refractivity contribution is -0.157. The third kappa shape index (κ3) is 8.28. The molecule has 0 spiro atoms. The van der Waals surface area contributed by atoms with E-state index in [1.165, 1.54) is 6.20 Å². The third-order valence-corrected chi connectivity index (χ3v) is 2.72. The Hall–Kier alpha value is -2.44. The Morgan fingerprint density at radius 1 is 1.04 bits per heavy atom. The molecule has 7 heteroatoms. The quantitative estimate of drug-likeness (QED) is 0.648. The molecule has 0 aliphatic carbocycles. The molecule has 0 saturated carbocycles. The molecule has 25 heavy (non-hydrogen) atoms. The largest absolute Gasteiger partial charge is 0.458 e. The number of pyridine rings is 1. The van der Waals surface area contributed by atoms with Crippen LogP contribution < -0.4 is 5.32 Å². The summed E-state index contributed by atoms with van der Waals surface area (Å²) >= 11 is 0. The molecule has 1 atom stereocenters. The Labute approximate surface area is 148 Å². The van der Waals surface area contributed by atoms with Crippen LogP contribution in [0.2, 0.25) is 0 Å². The molecular weight excluding hydrogens is 324 g/mol. The predicted octanol–water partition coefficient (Wildman–Crippen LogP) is 2.89. The number of carbonyl (C=O) groups is 3. The fourth-order valence-corrected chi connectivity index (χ4v) is 1.83. The second-order valence-electron chi connectivity index (χ2n) is 7.57. The van der Waals surface area contributed by atoms with Crippen molar-refractivity contribution in [3.63, 3.8) is 0 Å². The van der Waals surface area contributed by atoms with Crippen LogP contribution in [0.1, 0.15) is 58.5 Å². The Balaban J connectivity index is 2.89. The number of hydrogen-bond acceptors (Lipinski definition) is 6. The Morgan fingerprint density at radius 3 is 2.12 bits per heavy atom. The highest BCUT2D eigenvalue weighted by Gasteiger charge is 2.31. The van der Waals surface area contributed by atoms with E-state index in [0.29, 0.717) is 0 Å². The first kappa shape index (κ1) is 20.6. The van der Waals surface area contributed by atoms with Gasteiger partial charge in [0.2, 0.25) is 0 Å². The fraction of sp³-hybridized carbons (Fsp3) is 0.556. The minimum Gasteiger partial charge on any atom is -0.458 e. The maximum atomic E-state index is 12.4. The van der Waals surface area contributed by atoms with Gasteiger partial charge in [0.05, 0.1) is 0 Å². The Morgan fingerprint density at radius 2 is 1.64 bits per heavy atom. The monoisotopic (exact) mass is 350 g/mol. The zero-order chi connectivity index (χ0) is 19.3. The fourth-order valence-electron chi connectivity index (χ4n) is 1.83. The summed E-state index contributed by atoms with van der Waals surface area (Å²) in [5.74, 6) is -1.09. The smallest absolute Gasteiger partial charge is 0.408 e. The van der Waals surface area contributed by atoms with Crippen molar-refractivity contribution in [2.24, 2.45) is 0 Å². The van der Waals surface area contributed by atoms with Crippen molar-refractivity contribution in [1.29, 1.82) is 0 Å². The molecule has 7 nitrogen and oxygen atoms in total. The van der Waals surface area contributed by atoms with E-state index in [2.05, 4.69) is 10.3 Å². The van der Waals surface area contributed by atoms with Crippen LogP contribution in [0.25, 0.3) is 0 Å². The normalized spacial score (nSPS) is 12.9. The summed E-state index contributed by atoms with van der Waals surface area (Å²) in [7, 11) is 0. The van der Waals surface area contributed by atoms with E-state index >= 15 is 0 Å². The van der Waals surface area contributed by atoms with E-state index in [1.807, 2.05) is 0 Å². The van der Waals surface area contributed by atoms with Crippen molar-refractivity contribution < 1.29 is 23.9 Å². The number of ether oxygens (including phenoxy) is 2. The van der Waals surface area contributed by atoms with Crippen LogP contribution in [0.3, 0.4) is 0 Å². The summed E-state index contributed by atoms with van der Waals surface area (Å²) in [6.45, 7) is 10.2. The van der Waals surface area contributed by atoms with E-state index in [1.54, 1.807) is 59.7 Å². The van der Waals surface area contributed by atoms with Crippen LogP contribution >= 0.6 is 0 Å². The number of esters is 1. The first-order chi connectivity index (χ1) is 11.4. The van der Waals surface area contributed by atoms with Gasteiger partial charge in [0.15, 0.2) is 5.78 Å². The number of hydrogen-bond donors (Lipinski definition) is 1. The zero-order valence-corrected chi connectivity index (χ0v) is 15.6. The Bertz CT molecular complexity index is 615. The third-order valence-electron chi connectivity index (χ3n) is 2.72. The van der Waals surface area contributed by atoms with Crippen molar-refractivity contribution in [2.45, 2.75) is 65.2 Å². The van der Waals surface area contributed by atoms with Gasteiger partial charge in [-0.1, -0.05) is 6.07 Å². The van der Waals surface area contributed by atoms with Crippen LogP contribution in [0.4, 0.5) is 4.79 Å². The minimum atomic E-state index is -1.16. The molecule has 0 saturated heterocycles. The van der Waals surface area contributed by atoms with Gasteiger partial charge in [-0.3, -0.25) is 9.78 Å². The van der Waals surface area contributed by atoms with E-state index in [0.717, 1.165) is 0 Å². The number of nitrogens with zero attached hydrogens (tertiary/aromatic N) is 1. The van der Waals surface area contributed by atoms with Crippen LogP contribution in [-0.2, 0) is 14.3 Å². The van der Waals surface area contributed by atoms with Crippen LogP contribution in [0, 0.1) is 0 Å². The topological polar surface area (TPSA) is 94.6 Å². The summed E-state index contributed by atoms with van der Waals surface area (Å²) in [5.41, 5.74) is -1.27. The molecule has 0 aliphatic rings. The minimum absolute atomic E-state index is 0.210. The van der Waals surface area contributed by atoms with E-state index in [9.17, 15) is 14.4 Å². The van der Waals surface area contributed by atoms with Gasteiger partial charge >= 0.3 is 12.1 Å². The number of ketones is 1. The molecule has 1 N–H and O–H groups in total. The molecular formula is C18H26N2O5. The first-order valence-electron chi connectivity index (χ1n) is 8.04.